The van der Waals surface area contributed by atoms with Gasteiger partial charge in [-0.2, -0.15) is 13.2 Å². The lowest BCUT2D eigenvalue weighted by Gasteiger charge is -2.29. The first-order chi connectivity index (χ1) is 13.2. The number of carbonyl (C=O) groups excluding carboxylic acids is 1. The van der Waals surface area contributed by atoms with E-state index < -0.39 is 11.7 Å². The minimum absolute atomic E-state index is 0.0296. The smallest absolute Gasteiger partial charge is 0.335 e. The number of nitrogens with zero attached hydrogens (tertiary/aromatic N) is 1. The van der Waals surface area contributed by atoms with E-state index >= 15 is 0 Å². The Morgan fingerprint density at radius 1 is 1.29 bits per heavy atom. The molecule has 0 bridgehead atoms. The molecule has 2 nitrogen and oxygen atoms in total. The van der Waals surface area contributed by atoms with Crippen LogP contribution >= 0.6 is 0 Å². The Morgan fingerprint density at radius 2 is 2.00 bits per heavy atom. The normalized spacial score (nSPS) is 16.0. The maximum Gasteiger partial charge on any atom is 0.415 e. The number of hydrogen-bond donors (Lipinski definition) is 0. The summed E-state index contributed by atoms with van der Waals surface area (Å²) in [6, 6.07) is 6.17. The average Bonchev–Trinajstić information content (AvgIpc) is 2.68. The van der Waals surface area contributed by atoms with E-state index in [1.165, 1.54) is 17.7 Å². The molecule has 1 aromatic carbocycles. The molecule has 28 heavy (non-hydrogen) atoms. The fraction of sp³-hybridized carbons (Fsp3) is 0.348. The second-order valence-electron chi connectivity index (χ2n) is 6.85. The fourth-order valence-corrected chi connectivity index (χ4v) is 3.48. The largest absolute Gasteiger partial charge is 0.415 e. The fourth-order valence-electron chi connectivity index (χ4n) is 3.48. The van der Waals surface area contributed by atoms with E-state index in [1.54, 1.807) is 4.90 Å². The van der Waals surface area contributed by atoms with Gasteiger partial charge < -0.3 is 4.90 Å². The first-order valence-corrected chi connectivity index (χ1v) is 9.34. The van der Waals surface area contributed by atoms with Crippen LogP contribution in [-0.2, 0) is 17.8 Å². The molecule has 0 spiro atoms. The van der Waals surface area contributed by atoms with Gasteiger partial charge in [-0.1, -0.05) is 56.5 Å². The van der Waals surface area contributed by atoms with Crippen molar-refractivity contribution < 1.29 is 18.0 Å². The van der Waals surface area contributed by atoms with Crippen LogP contribution in [0.15, 0.2) is 66.8 Å². The highest BCUT2D eigenvalue weighted by molar-refractivity contribution is 5.87. The molecule has 0 aromatic heterocycles. The molecule has 1 unspecified atom stereocenters. The molecule has 0 aliphatic carbocycles. The van der Waals surface area contributed by atoms with Gasteiger partial charge >= 0.3 is 6.18 Å². The minimum atomic E-state index is -4.43. The van der Waals surface area contributed by atoms with Crippen molar-refractivity contribution in [1.29, 1.82) is 0 Å². The van der Waals surface area contributed by atoms with Gasteiger partial charge in [0.2, 0.25) is 5.91 Å². The van der Waals surface area contributed by atoms with E-state index in [9.17, 15) is 18.0 Å². The first kappa shape index (κ1) is 21.7. The van der Waals surface area contributed by atoms with E-state index in [2.05, 4.69) is 25.3 Å². The summed E-state index contributed by atoms with van der Waals surface area (Å²) in [5.41, 5.74) is 3.25. The Kier molecular flexibility index (Phi) is 7.05. The Bertz CT molecular complexity index is 818. The summed E-state index contributed by atoms with van der Waals surface area (Å²) < 4.78 is 38.2. The van der Waals surface area contributed by atoms with Crippen molar-refractivity contribution in [2.24, 2.45) is 0 Å². The summed E-state index contributed by atoms with van der Waals surface area (Å²) in [6.07, 6.45) is 2.79. The van der Waals surface area contributed by atoms with Gasteiger partial charge in [0.05, 0.1) is 0 Å². The molecule has 1 heterocycles. The maximum atomic E-state index is 12.7. The highest BCUT2D eigenvalue weighted by Gasteiger charge is 2.30. The van der Waals surface area contributed by atoms with Crippen molar-refractivity contribution in [1.82, 2.24) is 4.90 Å². The van der Waals surface area contributed by atoms with Crippen molar-refractivity contribution in [2.45, 2.75) is 45.3 Å². The SMILES string of the molecule is C=CC(=O)N1CCc2ccc(C(CC)C(/C=C\C(=C)C(F)(F)F)=C/C)cc2C1. The lowest BCUT2D eigenvalue weighted by Crippen LogP contribution is -2.34. The van der Waals surface area contributed by atoms with E-state index in [4.69, 9.17) is 0 Å². The molecule has 0 N–H and O–H groups in total. The number of halogens is 3. The van der Waals surface area contributed by atoms with Crippen LogP contribution in [-0.4, -0.2) is 23.5 Å². The van der Waals surface area contributed by atoms with E-state index in [0.717, 1.165) is 35.6 Å². The highest BCUT2D eigenvalue weighted by Crippen LogP contribution is 2.33. The Balaban J connectivity index is 2.29. The number of allylic oxidation sites excluding steroid dienone is 5. The number of alkyl halides is 3. The molecule has 1 aromatic rings. The van der Waals surface area contributed by atoms with Gasteiger partial charge in [-0.15, -0.1) is 0 Å². The number of amides is 1. The molecule has 0 saturated heterocycles. The summed E-state index contributed by atoms with van der Waals surface area (Å²) in [4.78, 5) is 13.7. The zero-order valence-corrected chi connectivity index (χ0v) is 16.4. The van der Waals surface area contributed by atoms with Gasteiger partial charge in [0.15, 0.2) is 0 Å². The number of hydrogen-bond acceptors (Lipinski definition) is 1. The molecular weight excluding hydrogens is 363 g/mol. The van der Waals surface area contributed by atoms with Crippen LogP contribution < -0.4 is 0 Å². The van der Waals surface area contributed by atoms with Crippen LogP contribution in [0.25, 0.3) is 0 Å². The van der Waals surface area contributed by atoms with E-state index in [-0.39, 0.29) is 11.8 Å². The molecule has 0 saturated carbocycles. The highest BCUT2D eigenvalue weighted by atomic mass is 19.4. The van der Waals surface area contributed by atoms with Gasteiger partial charge in [0, 0.05) is 24.6 Å². The zero-order chi connectivity index (χ0) is 20.9. The first-order valence-electron chi connectivity index (χ1n) is 9.34. The summed E-state index contributed by atoms with van der Waals surface area (Å²) >= 11 is 0. The quantitative estimate of drug-likeness (QED) is 0.440. The molecule has 0 fully saturated rings. The monoisotopic (exact) mass is 389 g/mol. The summed E-state index contributed by atoms with van der Waals surface area (Å²) in [5.74, 6) is -0.121. The molecule has 1 atom stereocenters. The lowest BCUT2D eigenvalue weighted by atomic mass is 9.85. The molecule has 1 amide bonds. The topological polar surface area (TPSA) is 20.3 Å². The maximum absolute atomic E-state index is 12.7. The Morgan fingerprint density at radius 3 is 2.57 bits per heavy atom. The second-order valence-corrected chi connectivity index (χ2v) is 6.85. The summed E-state index contributed by atoms with van der Waals surface area (Å²) in [7, 11) is 0. The number of rotatable bonds is 6. The molecular formula is C23H26F3NO. The minimum Gasteiger partial charge on any atom is -0.335 e. The van der Waals surface area contributed by atoms with Crippen LogP contribution in [0.4, 0.5) is 13.2 Å². The van der Waals surface area contributed by atoms with E-state index in [1.807, 2.05) is 26.0 Å². The summed E-state index contributed by atoms with van der Waals surface area (Å²) in [5, 5.41) is 0. The summed E-state index contributed by atoms with van der Waals surface area (Å²) in [6.45, 7) is 11.7. The van der Waals surface area contributed by atoms with Gasteiger partial charge in [-0.05, 0) is 48.1 Å². The second kappa shape index (κ2) is 9.09. The predicted octanol–water partition coefficient (Wildman–Crippen LogP) is 5.87. The van der Waals surface area contributed by atoms with Gasteiger partial charge in [0.25, 0.3) is 0 Å². The van der Waals surface area contributed by atoms with Crippen LogP contribution in [0.2, 0.25) is 0 Å². The van der Waals surface area contributed by atoms with Crippen LogP contribution in [0.1, 0.15) is 42.9 Å². The van der Waals surface area contributed by atoms with Gasteiger partial charge in [-0.25, -0.2) is 0 Å². The average molecular weight is 389 g/mol. The number of carbonyl (C=O) groups is 1. The molecule has 0 radical (unpaired) electrons. The standard InChI is InChI=1S/C23H26F3NO/c1-5-17(9-8-16(4)23(24,25)26)21(6-2)19-11-10-18-12-13-27(22(28)7-3)15-20(18)14-19/h5,7-11,14,21H,3-4,6,12-13,15H2,1-2H3/b9-8-,17-5+. The van der Waals surface area contributed by atoms with Crippen LogP contribution in [0.5, 0.6) is 0 Å². The third-order valence-corrected chi connectivity index (χ3v) is 5.12. The molecule has 5 heteroatoms. The number of benzene rings is 1. The van der Waals surface area contributed by atoms with Crippen molar-refractivity contribution in [3.05, 3.63) is 83.5 Å². The third-order valence-electron chi connectivity index (χ3n) is 5.12. The Hall–Kier alpha value is -2.56. The molecule has 1 aliphatic heterocycles. The zero-order valence-electron chi connectivity index (χ0n) is 16.4. The van der Waals surface area contributed by atoms with Crippen molar-refractivity contribution in [3.8, 4) is 0 Å². The molecule has 2 rings (SSSR count). The van der Waals surface area contributed by atoms with E-state index in [0.29, 0.717) is 13.1 Å². The van der Waals surface area contributed by atoms with Crippen LogP contribution in [0.3, 0.4) is 0 Å². The molecule has 150 valence electrons. The van der Waals surface area contributed by atoms with Gasteiger partial charge in [-0.3, -0.25) is 4.79 Å². The van der Waals surface area contributed by atoms with Crippen molar-refractivity contribution in [2.75, 3.05) is 6.54 Å². The lowest BCUT2D eigenvalue weighted by molar-refractivity contribution is -0.126. The van der Waals surface area contributed by atoms with Crippen molar-refractivity contribution >= 4 is 5.91 Å². The third kappa shape index (κ3) is 5.03. The predicted molar refractivity (Wildman–Crippen MR) is 107 cm³/mol. The van der Waals surface area contributed by atoms with Crippen LogP contribution in [0, 0.1) is 0 Å². The van der Waals surface area contributed by atoms with Gasteiger partial charge in [0.1, 0.15) is 0 Å². The van der Waals surface area contributed by atoms with Crippen molar-refractivity contribution in [3.63, 3.8) is 0 Å². The molecule has 1 aliphatic rings. The number of fused-ring (bicyclic) bond motifs is 1. The Labute approximate surface area is 164 Å².